The molecule has 1 aliphatic carbocycles. The van der Waals surface area contributed by atoms with E-state index in [1.807, 2.05) is 25.1 Å². The molecule has 44 heavy (non-hydrogen) atoms. The van der Waals surface area contributed by atoms with Crippen LogP contribution >= 0.6 is 11.6 Å². The molecule has 0 bridgehead atoms. The molecule has 0 atom stereocenters. The molecular weight excluding hydrogens is 584 g/mol. The van der Waals surface area contributed by atoms with E-state index in [0.29, 0.717) is 57.0 Å². The number of halogens is 1. The molecule has 1 saturated carbocycles. The summed E-state index contributed by atoms with van der Waals surface area (Å²) in [5, 5.41) is 3.39. The quantitative estimate of drug-likeness (QED) is 0.183. The highest BCUT2D eigenvalue weighted by molar-refractivity contribution is 6.33. The summed E-state index contributed by atoms with van der Waals surface area (Å²) in [6.07, 6.45) is 8.18. The molecule has 11 heteroatoms. The average Bonchev–Trinajstić information content (AvgIpc) is 3.83. The zero-order chi connectivity index (χ0) is 30.8. The lowest BCUT2D eigenvalue weighted by molar-refractivity contribution is -0.143. The molecule has 1 N–H and O–H groups in total. The van der Waals surface area contributed by atoms with Gasteiger partial charge in [-0.15, -0.1) is 0 Å². The van der Waals surface area contributed by atoms with E-state index in [1.54, 1.807) is 36.2 Å². The maximum absolute atomic E-state index is 14.0. The van der Waals surface area contributed by atoms with Gasteiger partial charge in [-0.1, -0.05) is 23.7 Å². The Kier molecular flexibility index (Phi) is 8.25. The lowest BCUT2D eigenvalue weighted by Crippen LogP contribution is -2.45. The Bertz CT molecular complexity index is 1780. The number of aromatic nitrogens is 1. The number of ether oxygens (including phenoxy) is 2. The molecule has 1 fully saturated rings. The van der Waals surface area contributed by atoms with Gasteiger partial charge in [0, 0.05) is 43.2 Å². The molecule has 0 unspecified atom stereocenters. The molecule has 0 radical (unpaired) electrons. The third-order valence-corrected chi connectivity index (χ3v) is 7.93. The third-order valence-electron chi connectivity index (χ3n) is 7.64. The van der Waals surface area contributed by atoms with Gasteiger partial charge in [-0.2, -0.15) is 0 Å². The standard InChI is InChI=1S/C33H31ClN4O6/c1-3-42-30(40)19-36-29(39)13-12-26-20(2)31-28(43-26)11-10-23(34)32(31)44-27-14-15-35-18-22(27)33(41)38-17-16-37(21-8-9-21)24-6-4-5-7-25(24)38/h4-7,10-15,18,21H,3,8-9,16-17,19H2,1-2H3,(H,36,39)/b13-12+. The van der Waals surface area contributed by atoms with Gasteiger partial charge in [0.2, 0.25) is 5.91 Å². The number of esters is 1. The van der Waals surface area contributed by atoms with Gasteiger partial charge in [-0.3, -0.25) is 19.4 Å². The SMILES string of the molecule is CCOC(=O)CNC(=O)/C=C/c1oc2ccc(Cl)c(Oc3ccncc3C(=O)N3CCN(C4CC4)c4ccccc43)c2c1C. The number of hydrogen-bond acceptors (Lipinski definition) is 8. The Morgan fingerprint density at radius 2 is 1.91 bits per heavy atom. The number of aryl methyl sites for hydroxylation is 1. The number of carbonyl (C=O) groups is 3. The van der Waals surface area contributed by atoms with E-state index in [0.717, 1.165) is 17.9 Å². The van der Waals surface area contributed by atoms with E-state index in [2.05, 4.69) is 21.3 Å². The number of pyridine rings is 1. The topological polar surface area (TPSA) is 114 Å². The van der Waals surface area contributed by atoms with E-state index in [1.165, 1.54) is 31.2 Å². The molecule has 2 amide bonds. The number of carbonyl (C=O) groups excluding carboxylic acids is 3. The lowest BCUT2D eigenvalue weighted by Gasteiger charge is -2.38. The van der Waals surface area contributed by atoms with Gasteiger partial charge in [-0.05, 0) is 63.1 Å². The van der Waals surface area contributed by atoms with Gasteiger partial charge >= 0.3 is 5.97 Å². The van der Waals surface area contributed by atoms with Crippen molar-refractivity contribution in [1.29, 1.82) is 0 Å². The first kappa shape index (κ1) is 29.3. The highest BCUT2D eigenvalue weighted by Crippen LogP contribution is 2.43. The van der Waals surface area contributed by atoms with Crippen molar-refractivity contribution in [1.82, 2.24) is 10.3 Å². The van der Waals surface area contributed by atoms with Crippen LogP contribution in [0.5, 0.6) is 11.5 Å². The van der Waals surface area contributed by atoms with Gasteiger partial charge in [0.25, 0.3) is 5.91 Å². The predicted octanol–water partition coefficient (Wildman–Crippen LogP) is 5.90. The van der Waals surface area contributed by atoms with Crippen molar-refractivity contribution in [3.8, 4) is 11.5 Å². The van der Waals surface area contributed by atoms with E-state index in [9.17, 15) is 14.4 Å². The van der Waals surface area contributed by atoms with Crippen molar-refractivity contribution in [2.45, 2.75) is 32.7 Å². The van der Waals surface area contributed by atoms with Gasteiger partial charge in [0.1, 0.15) is 29.2 Å². The van der Waals surface area contributed by atoms with Crippen LogP contribution in [0, 0.1) is 6.92 Å². The van der Waals surface area contributed by atoms with Gasteiger partial charge in [0.05, 0.1) is 28.4 Å². The van der Waals surface area contributed by atoms with Crippen molar-refractivity contribution in [3.05, 3.63) is 82.8 Å². The first-order valence-electron chi connectivity index (χ1n) is 14.5. The smallest absolute Gasteiger partial charge is 0.325 e. The summed E-state index contributed by atoms with van der Waals surface area (Å²) in [4.78, 5) is 46.2. The summed E-state index contributed by atoms with van der Waals surface area (Å²) in [6, 6.07) is 13.5. The monoisotopic (exact) mass is 614 g/mol. The second kappa shape index (κ2) is 12.4. The number of amides is 2. The van der Waals surface area contributed by atoms with E-state index in [4.69, 9.17) is 25.5 Å². The van der Waals surface area contributed by atoms with Crippen LogP contribution in [-0.2, 0) is 14.3 Å². The molecule has 2 aliphatic rings. The zero-order valence-electron chi connectivity index (χ0n) is 24.3. The number of furan rings is 1. The molecule has 10 nitrogen and oxygen atoms in total. The molecule has 2 aromatic heterocycles. The maximum Gasteiger partial charge on any atom is 0.325 e. The number of rotatable bonds is 9. The third kappa shape index (κ3) is 5.85. The summed E-state index contributed by atoms with van der Waals surface area (Å²) in [5.41, 5.74) is 3.38. The van der Waals surface area contributed by atoms with Crippen LogP contribution in [0.15, 0.2) is 65.4 Å². The van der Waals surface area contributed by atoms with Crippen LogP contribution in [-0.4, -0.2) is 55.1 Å². The Morgan fingerprint density at radius 3 is 2.68 bits per heavy atom. The highest BCUT2D eigenvalue weighted by atomic mass is 35.5. The first-order chi connectivity index (χ1) is 21.4. The molecule has 1 aliphatic heterocycles. The number of para-hydroxylation sites is 2. The molecule has 0 spiro atoms. The van der Waals surface area contributed by atoms with Crippen LogP contribution in [0.2, 0.25) is 5.02 Å². The van der Waals surface area contributed by atoms with E-state index >= 15 is 0 Å². The fourth-order valence-corrected chi connectivity index (χ4v) is 5.58. The molecule has 226 valence electrons. The minimum atomic E-state index is -0.524. The second-order valence-corrected chi connectivity index (χ2v) is 10.9. The predicted molar refractivity (Wildman–Crippen MR) is 167 cm³/mol. The Labute approximate surface area is 259 Å². The number of nitrogens with one attached hydrogen (secondary N) is 1. The first-order valence-corrected chi connectivity index (χ1v) is 14.9. The lowest BCUT2D eigenvalue weighted by atomic mass is 10.1. The molecule has 6 rings (SSSR count). The van der Waals surface area contributed by atoms with Crippen LogP contribution < -0.4 is 19.9 Å². The van der Waals surface area contributed by atoms with Crippen molar-refractivity contribution in [2.24, 2.45) is 0 Å². The summed E-state index contributed by atoms with van der Waals surface area (Å²) in [6.45, 7) is 4.80. The number of fused-ring (bicyclic) bond motifs is 2. The average molecular weight is 615 g/mol. The van der Waals surface area contributed by atoms with Crippen LogP contribution in [0.4, 0.5) is 11.4 Å². The number of anilines is 2. The molecule has 0 saturated heterocycles. The fraction of sp³-hybridized carbons (Fsp3) is 0.273. The highest BCUT2D eigenvalue weighted by Gasteiger charge is 2.36. The molecule has 3 heterocycles. The van der Waals surface area contributed by atoms with Gasteiger partial charge < -0.3 is 29.0 Å². The van der Waals surface area contributed by atoms with Crippen LogP contribution in [0.1, 0.15) is 41.4 Å². The second-order valence-electron chi connectivity index (χ2n) is 10.5. The van der Waals surface area contributed by atoms with Crippen molar-refractivity contribution >= 4 is 57.8 Å². The number of benzene rings is 2. The minimum Gasteiger partial charge on any atom is -0.465 e. The summed E-state index contributed by atoms with van der Waals surface area (Å²) in [5.74, 6) is -0.194. The largest absolute Gasteiger partial charge is 0.465 e. The van der Waals surface area contributed by atoms with E-state index in [-0.39, 0.29) is 19.1 Å². The summed E-state index contributed by atoms with van der Waals surface area (Å²) < 4.78 is 17.2. The Morgan fingerprint density at radius 1 is 1.11 bits per heavy atom. The van der Waals surface area contributed by atoms with E-state index < -0.39 is 11.9 Å². The Hall–Kier alpha value is -4.83. The molecular formula is C33H31ClN4O6. The molecule has 4 aromatic rings. The number of hydrogen-bond donors (Lipinski definition) is 1. The fourth-order valence-electron chi connectivity index (χ4n) is 5.38. The zero-order valence-corrected chi connectivity index (χ0v) is 25.1. The van der Waals surface area contributed by atoms with Gasteiger partial charge in [0.15, 0.2) is 5.75 Å². The maximum atomic E-state index is 14.0. The van der Waals surface area contributed by atoms with Crippen molar-refractivity contribution in [3.63, 3.8) is 0 Å². The molecule has 2 aromatic carbocycles. The van der Waals surface area contributed by atoms with Crippen LogP contribution in [0.3, 0.4) is 0 Å². The van der Waals surface area contributed by atoms with Crippen LogP contribution in [0.25, 0.3) is 17.0 Å². The number of nitrogens with zero attached hydrogens (tertiary/aromatic N) is 3. The Balaban J connectivity index is 1.27. The van der Waals surface area contributed by atoms with Crippen molar-refractivity contribution < 1.29 is 28.3 Å². The normalized spacial score (nSPS) is 14.5. The van der Waals surface area contributed by atoms with Crippen molar-refractivity contribution in [2.75, 3.05) is 36.0 Å². The van der Waals surface area contributed by atoms with Gasteiger partial charge in [-0.25, -0.2) is 0 Å². The summed E-state index contributed by atoms with van der Waals surface area (Å²) >= 11 is 6.65. The minimum absolute atomic E-state index is 0.222. The summed E-state index contributed by atoms with van der Waals surface area (Å²) in [7, 11) is 0.